The van der Waals surface area contributed by atoms with Gasteiger partial charge in [-0.1, -0.05) is 18.2 Å². The van der Waals surface area contributed by atoms with E-state index in [4.69, 9.17) is 5.10 Å². The van der Waals surface area contributed by atoms with Gasteiger partial charge in [0.15, 0.2) is 0 Å². The lowest BCUT2D eigenvalue weighted by molar-refractivity contribution is -0.0166. The fraction of sp³-hybridized carbons (Fsp3) is 0.615. The number of carbonyl (C=O) groups excluding carboxylic acids is 1. The summed E-state index contributed by atoms with van der Waals surface area (Å²) in [5, 5.41) is 8.31. The molecule has 1 aromatic heterocycles. The van der Waals surface area contributed by atoms with Crippen molar-refractivity contribution in [1.82, 2.24) is 15.1 Å². The number of aromatic nitrogens is 2. The fourth-order valence-electron chi connectivity index (χ4n) is 7.69. The predicted molar refractivity (Wildman–Crippen MR) is 123 cm³/mol. The van der Waals surface area contributed by atoms with Crippen LogP contribution in [0.25, 0.3) is 5.69 Å². The molecule has 2 atom stereocenters. The molecule has 1 aliphatic heterocycles. The van der Waals surface area contributed by atoms with Gasteiger partial charge in [0.05, 0.1) is 11.9 Å². The Balaban J connectivity index is 1.37. The second-order valence-electron chi connectivity index (χ2n) is 11.0. The third kappa shape index (κ3) is 3.19. The third-order valence-electron chi connectivity index (χ3n) is 8.60. The van der Waals surface area contributed by atoms with E-state index in [2.05, 4.69) is 36.2 Å². The van der Waals surface area contributed by atoms with Crippen LogP contribution >= 0.6 is 0 Å². The van der Waals surface area contributed by atoms with Crippen LogP contribution in [0.4, 0.5) is 5.82 Å². The molecule has 5 heteroatoms. The highest BCUT2D eigenvalue weighted by Gasteiger charge is 2.52. The number of nitrogens with one attached hydrogen (secondary N) is 1. The van der Waals surface area contributed by atoms with Crippen molar-refractivity contribution in [2.24, 2.45) is 17.8 Å². The van der Waals surface area contributed by atoms with Crippen LogP contribution < -0.4 is 10.2 Å². The molecular formula is C26H34N4O. The second kappa shape index (κ2) is 7.11. The van der Waals surface area contributed by atoms with Crippen LogP contribution in [0, 0.1) is 17.8 Å². The summed E-state index contributed by atoms with van der Waals surface area (Å²) < 4.78 is 1.98. The van der Waals surface area contributed by atoms with Gasteiger partial charge in [0, 0.05) is 17.6 Å². The average Bonchev–Trinajstić information content (AvgIpc) is 3.30. The topological polar surface area (TPSA) is 50.2 Å². The molecule has 31 heavy (non-hydrogen) atoms. The number of para-hydroxylation sites is 1. The van der Waals surface area contributed by atoms with E-state index >= 15 is 0 Å². The number of nitrogens with zero attached hydrogens (tertiary/aromatic N) is 3. The minimum absolute atomic E-state index is 0.0141. The summed E-state index contributed by atoms with van der Waals surface area (Å²) in [5.74, 6) is 3.49. The Hall–Kier alpha value is -2.30. The van der Waals surface area contributed by atoms with E-state index in [-0.39, 0.29) is 11.4 Å². The standard InChI is InChI=1S/C26H34N4O/c1-17-8-9-18(2)29(17)25-23(16-27-30(25)22-6-4-3-5-7-22)24(31)28-26-13-19-10-20(14-26)12-21(11-19)15-26/h3-7,16-21H,8-15H2,1-2H3,(H,28,31). The number of hydrogen-bond acceptors (Lipinski definition) is 3. The van der Waals surface area contributed by atoms with Crippen LogP contribution in [0.5, 0.6) is 0 Å². The van der Waals surface area contributed by atoms with Crippen LogP contribution in [-0.4, -0.2) is 33.3 Å². The third-order valence-corrected chi connectivity index (χ3v) is 8.60. The summed E-state index contributed by atoms with van der Waals surface area (Å²) in [4.78, 5) is 16.2. The van der Waals surface area contributed by atoms with Crippen LogP contribution in [-0.2, 0) is 0 Å². The van der Waals surface area contributed by atoms with Gasteiger partial charge in [0.2, 0.25) is 0 Å². The minimum atomic E-state index is 0.0141. The Morgan fingerprint density at radius 3 is 2.13 bits per heavy atom. The minimum Gasteiger partial charge on any atom is -0.350 e. The number of anilines is 1. The van der Waals surface area contributed by atoms with E-state index in [0.717, 1.165) is 47.7 Å². The molecule has 1 N–H and O–H groups in total. The zero-order chi connectivity index (χ0) is 21.2. The smallest absolute Gasteiger partial charge is 0.257 e. The quantitative estimate of drug-likeness (QED) is 0.764. The summed E-state index contributed by atoms with van der Waals surface area (Å²) >= 11 is 0. The molecule has 4 bridgehead atoms. The Bertz CT molecular complexity index is 935. The molecule has 4 saturated carbocycles. The lowest BCUT2D eigenvalue weighted by Gasteiger charge is -2.56. The number of rotatable bonds is 4. The fourth-order valence-corrected chi connectivity index (χ4v) is 7.69. The van der Waals surface area contributed by atoms with Gasteiger partial charge in [-0.05, 0) is 95.1 Å². The van der Waals surface area contributed by atoms with E-state index in [1.165, 1.54) is 38.5 Å². The number of carbonyl (C=O) groups is 1. The van der Waals surface area contributed by atoms with E-state index in [1.807, 2.05) is 22.9 Å². The lowest BCUT2D eigenvalue weighted by atomic mass is 9.53. The van der Waals surface area contributed by atoms with Gasteiger partial charge in [0.25, 0.3) is 5.91 Å². The van der Waals surface area contributed by atoms with Gasteiger partial charge in [-0.25, -0.2) is 4.68 Å². The molecule has 4 aliphatic carbocycles. The second-order valence-corrected chi connectivity index (χ2v) is 11.0. The maximum Gasteiger partial charge on any atom is 0.257 e. The van der Waals surface area contributed by atoms with Crippen molar-refractivity contribution in [3.8, 4) is 5.69 Å². The Kier molecular flexibility index (Phi) is 4.45. The van der Waals surface area contributed by atoms with Crippen LogP contribution in [0.1, 0.15) is 75.6 Å². The van der Waals surface area contributed by atoms with Gasteiger partial charge in [-0.2, -0.15) is 5.10 Å². The summed E-state index contributed by atoms with van der Waals surface area (Å²) in [6, 6.07) is 11.0. The number of amides is 1. The monoisotopic (exact) mass is 418 g/mol. The highest BCUT2D eigenvalue weighted by atomic mass is 16.2. The molecule has 5 aliphatic rings. The molecule has 2 unspecified atom stereocenters. The summed E-state index contributed by atoms with van der Waals surface area (Å²) in [5.41, 5.74) is 1.76. The molecule has 1 saturated heterocycles. The molecule has 0 radical (unpaired) electrons. The van der Waals surface area contributed by atoms with Crippen molar-refractivity contribution in [3.05, 3.63) is 42.1 Å². The molecule has 164 valence electrons. The van der Waals surface area contributed by atoms with Crippen molar-refractivity contribution in [1.29, 1.82) is 0 Å². The predicted octanol–water partition coefficient (Wildman–Crippen LogP) is 4.95. The first-order chi connectivity index (χ1) is 15.0. The number of benzene rings is 1. The van der Waals surface area contributed by atoms with Crippen molar-refractivity contribution in [2.75, 3.05) is 4.90 Å². The average molecular weight is 419 g/mol. The Morgan fingerprint density at radius 1 is 0.968 bits per heavy atom. The van der Waals surface area contributed by atoms with E-state index in [1.54, 1.807) is 6.20 Å². The maximum absolute atomic E-state index is 13.8. The van der Waals surface area contributed by atoms with Crippen LogP contribution in [0.2, 0.25) is 0 Å². The lowest BCUT2D eigenvalue weighted by Crippen LogP contribution is -2.59. The SMILES string of the molecule is CC1CCC(C)N1c1c(C(=O)NC23CC4CC(CC(C4)C2)C3)cnn1-c1ccccc1. The van der Waals surface area contributed by atoms with Crippen molar-refractivity contribution < 1.29 is 4.79 Å². The van der Waals surface area contributed by atoms with Gasteiger partial charge in [-0.15, -0.1) is 0 Å². The normalized spacial score (nSPS) is 36.2. The molecule has 0 spiro atoms. The molecule has 5 nitrogen and oxygen atoms in total. The summed E-state index contributed by atoms with van der Waals surface area (Å²) in [6.07, 6.45) is 11.8. The molecule has 1 amide bonds. The van der Waals surface area contributed by atoms with Crippen LogP contribution in [0.15, 0.2) is 36.5 Å². The molecule has 5 fully saturated rings. The van der Waals surface area contributed by atoms with Gasteiger partial charge in [0.1, 0.15) is 11.4 Å². The first-order valence-electron chi connectivity index (χ1n) is 12.3. The zero-order valence-corrected chi connectivity index (χ0v) is 18.8. The van der Waals surface area contributed by atoms with Crippen LogP contribution in [0.3, 0.4) is 0 Å². The first kappa shape index (κ1) is 19.4. The summed E-state index contributed by atoms with van der Waals surface area (Å²) in [7, 11) is 0. The van der Waals surface area contributed by atoms with E-state index < -0.39 is 0 Å². The highest BCUT2D eigenvalue weighted by molar-refractivity contribution is 5.99. The molecule has 2 aromatic rings. The van der Waals surface area contributed by atoms with Gasteiger partial charge in [-0.3, -0.25) is 4.79 Å². The van der Waals surface area contributed by atoms with Crippen molar-refractivity contribution in [2.45, 2.75) is 82.8 Å². The van der Waals surface area contributed by atoms with Gasteiger partial charge < -0.3 is 10.2 Å². The summed E-state index contributed by atoms with van der Waals surface area (Å²) in [6.45, 7) is 4.54. The molecule has 1 aromatic carbocycles. The van der Waals surface area contributed by atoms with E-state index in [0.29, 0.717) is 12.1 Å². The largest absolute Gasteiger partial charge is 0.350 e. The number of hydrogen-bond donors (Lipinski definition) is 1. The van der Waals surface area contributed by atoms with Crippen molar-refractivity contribution >= 4 is 11.7 Å². The maximum atomic E-state index is 13.8. The van der Waals surface area contributed by atoms with Crippen molar-refractivity contribution in [3.63, 3.8) is 0 Å². The zero-order valence-electron chi connectivity index (χ0n) is 18.8. The Labute approximate surface area is 185 Å². The molecular weight excluding hydrogens is 384 g/mol. The first-order valence-corrected chi connectivity index (χ1v) is 12.3. The highest BCUT2D eigenvalue weighted by Crippen LogP contribution is 2.55. The Morgan fingerprint density at radius 2 is 1.55 bits per heavy atom. The van der Waals surface area contributed by atoms with Gasteiger partial charge >= 0.3 is 0 Å². The molecule has 2 heterocycles. The molecule has 7 rings (SSSR count). The van der Waals surface area contributed by atoms with E-state index in [9.17, 15) is 4.79 Å².